The molecule has 4 aliphatic carbocycles. The van der Waals surface area contributed by atoms with E-state index in [4.69, 9.17) is 9.47 Å². The molecule has 0 radical (unpaired) electrons. The molecule has 0 aliphatic heterocycles. The highest BCUT2D eigenvalue weighted by Gasteiger charge is 2.61. The molecule has 4 rings (SSSR count). The van der Waals surface area contributed by atoms with Crippen LogP contribution in [0.4, 0.5) is 30.7 Å². The van der Waals surface area contributed by atoms with Gasteiger partial charge in [-0.05, 0) is 50.9 Å². The molecule has 4 aliphatic rings. The summed E-state index contributed by atoms with van der Waals surface area (Å²) in [5.41, 5.74) is -1.71. The lowest BCUT2D eigenvalue weighted by atomic mass is 9.52. The van der Waals surface area contributed by atoms with Gasteiger partial charge in [0.2, 0.25) is 0 Å². The first-order valence-electron chi connectivity index (χ1n) is 9.87. The average molecular weight is 446 g/mol. The van der Waals surface area contributed by atoms with Crippen molar-refractivity contribution in [2.24, 2.45) is 11.8 Å². The SMILES string of the molecule is C=C(C)C(=O)OC12CC3CC(CC(OCC(F)(F)CC(F)(F)CC(F)(F)F)(C3)C1)C2. The quantitative estimate of drug-likeness (QED) is 0.268. The number of hydrogen-bond donors (Lipinski definition) is 0. The molecule has 0 aromatic rings. The van der Waals surface area contributed by atoms with Crippen LogP contribution in [-0.4, -0.2) is 41.8 Å². The minimum atomic E-state index is -5.25. The highest BCUT2D eigenvalue weighted by molar-refractivity contribution is 5.87. The summed E-state index contributed by atoms with van der Waals surface area (Å²) < 4.78 is 103. The monoisotopic (exact) mass is 446 g/mol. The van der Waals surface area contributed by atoms with Crippen LogP contribution in [0, 0.1) is 11.8 Å². The molecular weight excluding hydrogens is 421 g/mol. The van der Waals surface area contributed by atoms with E-state index >= 15 is 0 Å². The van der Waals surface area contributed by atoms with Crippen LogP contribution in [0.3, 0.4) is 0 Å². The Morgan fingerprint density at radius 3 is 1.97 bits per heavy atom. The third-order valence-corrected chi connectivity index (χ3v) is 6.18. The predicted octanol–water partition coefficient (Wildman–Crippen LogP) is 5.83. The van der Waals surface area contributed by atoms with Gasteiger partial charge in [-0.1, -0.05) is 6.58 Å². The molecule has 0 spiro atoms. The zero-order valence-electron chi connectivity index (χ0n) is 16.6. The molecule has 2 atom stereocenters. The van der Waals surface area contributed by atoms with Crippen LogP contribution < -0.4 is 0 Å². The van der Waals surface area contributed by atoms with Crippen molar-refractivity contribution >= 4 is 5.97 Å². The van der Waals surface area contributed by atoms with Crippen molar-refractivity contribution in [1.29, 1.82) is 0 Å². The van der Waals surface area contributed by atoms with Crippen molar-refractivity contribution in [2.75, 3.05) is 6.61 Å². The minimum Gasteiger partial charge on any atom is -0.456 e. The molecule has 4 bridgehead atoms. The molecule has 3 nitrogen and oxygen atoms in total. The molecule has 4 fully saturated rings. The van der Waals surface area contributed by atoms with Crippen molar-refractivity contribution in [3.05, 3.63) is 12.2 Å². The number of esters is 1. The van der Waals surface area contributed by atoms with Crippen LogP contribution in [0.1, 0.15) is 58.3 Å². The van der Waals surface area contributed by atoms with Crippen LogP contribution in [0.15, 0.2) is 12.2 Å². The molecule has 172 valence electrons. The Hall–Kier alpha value is -1.32. The standard InChI is InChI=1S/C20H25F7O3/c1-12(2)15(28)30-17-6-13-3-14(7-17)5-16(4-13,8-17)29-11-19(23,24)9-18(21,22)10-20(25,26)27/h13-14H,1,3-11H2,2H3. The van der Waals surface area contributed by atoms with Gasteiger partial charge in [0, 0.05) is 12.0 Å². The van der Waals surface area contributed by atoms with Crippen LogP contribution in [0.25, 0.3) is 0 Å². The lowest BCUT2D eigenvalue weighted by molar-refractivity contribution is -0.257. The number of ether oxygens (including phenoxy) is 2. The average Bonchev–Trinajstić information content (AvgIpc) is 2.47. The van der Waals surface area contributed by atoms with E-state index in [1.165, 1.54) is 6.92 Å². The van der Waals surface area contributed by atoms with Crippen molar-refractivity contribution in [3.63, 3.8) is 0 Å². The Balaban J connectivity index is 1.67. The third kappa shape index (κ3) is 5.48. The van der Waals surface area contributed by atoms with Gasteiger partial charge in [-0.25, -0.2) is 22.4 Å². The molecule has 0 N–H and O–H groups in total. The predicted molar refractivity (Wildman–Crippen MR) is 92.2 cm³/mol. The summed E-state index contributed by atoms with van der Waals surface area (Å²) >= 11 is 0. The van der Waals surface area contributed by atoms with E-state index in [0.717, 1.165) is 6.42 Å². The first-order valence-corrected chi connectivity index (χ1v) is 9.87. The van der Waals surface area contributed by atoms with E-state index in [9.17, 15) is 35.5 Å². The summed E-state index contributed by atoms with van der Waals surface area (Å²) in [5, 5.41) is 0. The normalized spacial score (nSPS) is 33.6. The molecule has 30 heavy (non-hydrogen) atoms. The summed E-state index contributed by atoms with van der Waals surface area (Å²) in [6, 6.07) is 0. The summed E-state index contributed by atoms with van der Waals surface area (Å²) in [4.78, 5) is 12.1. The van der Waals surface area contributed by atoms with Crippen molar-refractivity contribution in [3.8, 4) is 0 Å². The van der Waals surface area contributed by atoms with Crippen LogP contribution in [0.5, 0.6) is 0 Å². The highest BCUT2D eigenvalue weighted by atomic mass is 19.4. The van der Waals surface area contributed by atoms with Crippen LogP contribution in [-0.2, 0) is 14.3 Å². The topological polar surface area (TPSA) is 35.5 Å². The Labute approximate surface area is 170 Å². The van der Waals surface area contributed by atoms with Crippen molar-refractivity contribution in [2.45, 2.75) is 87.5 Å². The fourth-order valence-corrected chi connectivity index (χ4v) is 5.71. The zero-order chi connectivity index (χ0) is 22.6. The molecular formula is C20H25F7O3. The lowest BCUT2D eigenvalue weighted by Crippen LogP contribution is -2.62. The van der Waals surface area contributed by atoms with Gasteiger partial charge in [0.1, 0.15) is 18.6 Å². The van der Waals surface area contributed by atoms with E-state index in [1.807, 2.05) is 0 Å². The molecule has 0 heterocycles. The zero-order valence-corrected chi connectivity index (χ0v) is 16.6. The summed E-state index contributed by atoms with van der Waals surface area (Å²) in [7, 11) is 0. The van der Waals surface area contributed by atoms with Crippen molar-refractivity contribution < 1.29 is 45.0 Å². The van der Waals surface area contributed by atoms with E-state index in [-0.39, 0.29) is 23.8 Å². The van der Waals surface area contributed by atoms with E-state index in [2.05, 4.69) is 6.58 Å². The number of hydrogen-bond acceptors (Lipinski definition) is 3. The van der Waals surface area contributed by atoms with Crippen molar-refractivity contribution in [1.82, 2.24) is 0 Å². The summed E-state index contributed by atoms with van der Waals surface area (Å²) in [6.45, 7) is 3.64. The maximum Gasteiger partial charge on any atom is 0.394 e. The van der Waals surface area contributed by atoms with Gasteiger partial charge >= 0.3 is 12.1 Å². The molecule has 4 saturated carbocycles. The van der Waals surface area contributed by atoms with Gasteiger partial charge in [0.25, 0.3) is 11.8 Å². The van der Waals surface area contributed by atoms with Gasteiger partial charge in [-0.2, -0.15) is 13.2 Å². The first kappa shape index (κ1) is 23.3. The Bertz CT molecular complexity index is 687. The lowest BCUT2D eigenvalue weighted by Gasteiger charge is -2.60. The minimum absolute atomic E-state index is 0.0875. The molecule has 10 heteroatoms. The number of carbonyl (C=O) groups excluding carboxylic acids is 1. The number of alkyl halides is 7. The second-order valence-electron chi connectivity index (χ2n) is 9.47. The highest BCUT2D eigenvalue weighted by Crippen LogP contribution is 2.60. The molecule has 0 amide bonds. The number of rotatable bonds is 8. The fraction of sp³-hybridized carbons (Fsp3) is 0.850. The Kier molecular flexibility index (Phi) is 5.74. The molecule has 0 saturated heterocycles. The Morgan fingerprint density at radius 2 is 1.47 bits per heavy atom. The maximum absolute atomic E-state index is 14.1. The fourth-order valence-electron chi connectivity index (χ4n) is 5.71. The van der Waals surface area contributed by atoms with Gasteiger partial charge in [-0.15, -0.1) is 0 Å². The second kappa shape index (κ2) is 7.38. The van der Waals surface area contributed by atoms with Crippen LogP contribution >= 0.6 is 0 Å². The second-order valence-corrected chi connectivity index (χ2v) is 9.47. The van der Waals surface area contributed by atoms with E-state index in [0.29, 0.717) is 25.7 Å². The third-order valence-electron chi connectivity index (χ3n) is 6.18. The van der Waals surface area contributed by atoms with Gasteiger partial charge < -0.3 is 9.47 Å². The van der Waals surface area contributed by atoms with Gasteiger partial charge in [-0.3, -0.25) is 0 Å². The Morgan fingerprint density at radius 1 is 0.933 bits per heavy atom. The number of carbonyl (C=O) groups is 1. The van der Waals surface area contributed by atoms with Gasteiger partial charge in [0.05, 0.1) is 12.0 Å². The summed E-state index contributed by atoms with van der Waals surface area (Å²) in [6.07, 6.45) is -7.06. The smallest absolute Gasteiger partial charge is 0.394 e. The van der Waals surface area contributed by atoms with Gasteiger partial charge in [0.15, 0.2) is 0 Å². The maximum atomic E-state index is 14.1. The largest absolute Gasteiger partial charge is 0.456 e. The van der Waals surface area contributed by atoms with E-state index < -0.39 is 54.6 Å². The molecule has 0 aromatic carbocycles. The number of halogens is 7. The summed E-state index contributed by atoms with van der Waals surface area (Å²) in [5.74, 6) is -9.12. The first-order chi connectivity index (χ1) is 13.5. The molecule has 2 unspecified atom stereocenters. The molecule has 0 aromatic heterocycles. The van der Waals surface area contributed by atoms with Crippen LogP contribution in [0.2, 0.25) is 0 Å². The van der Waals surface area contributed by atoms with E-state index in [1.54, 1.807) is 0 Å².